The van der Waals surface area contributed by atoms with Crippen molar-refractivity contribution in [1.82, 2.24) is 29.7 Å². The summed E-state index contributed by atoms with van der Waals surface area (Å²) >= 11 is 3.77. The van der Waals surface area contributed by atoms with Gasteiger partial charge in [0.2, 0.25) is 17.7 Å². The van der Waals surface area contributed by atoms with Crippen LogP contribution in [0, 0.1) is 11.8 Å². The fourth-order valence-corrected chi connectivity index (χ4v) is 8.76. The van der Waals surface area contributed by atoms with Crippen LogP contribution in [-0.4, -0.2) is 107 Å². The van der Waals surface area contributed by atoms with Crippen LogP contribution in [0.15, 0.2) is 79.9 Å². The highest BCUT2D eigenvalue weighted by Crippen LogP contribution is 2.61. The van der Waals surface area contributed by atoms with Crippen molar-refractivity contribution < 1.29 is 24.2 Å². The van der Waals surface area contributed by atoms with Crippen LogP contribution >= 0.6 is 15.9 Å². The Kier molecular flexibility index (Phi) is 9.63. The van der Waals surface area contributed by atoms with Crippen LogP contribution in [0.3, 0.4) is 0 Å². The largest absolute Gasteiger partial charge is 0.394 e. The molecule has 3 unspecified atom stereocenters. The maximum atomic E-state index is 15.0. The number of para-hydroxylation sites is 1. The number of amides is 3. The zero-order valence-corrected chi connectivity index (χ0v) is 28.1. The Morgan fingerprint density at radius 3 is 2.51 bits per heavy atom. The molecule has 6 rings (SSSR count). The number of aromatic nitrogens is 3. The number of aliphatic hydroxyl groups is 1. The van der Waals surface area contributed by atoms with Gasteiger partial charge in [0, 0.05) is 24.5 Å². The van der Waals surface area contributed by atoms with Crippen molar-refractivity contribution in [3.05, 3.63) is 85.5 Å². The number of carbonyl (C=O) groups excluding carboxylic acids is 3. The second-order valence-corrected chi connectivity index (χ2v) is 13.8. The number of aliphatic hydroxyl groups excluding tert-OH is 1. The second kappa shape index (κ2) is 13.7. The molecule has 11 nitrogen and oxygen atoms in total. The Hall–Kier alpha value is -3.87. The third-order valence-corrected chi connectivity index (χ3v) is 10.5. The molecule has 0 saturated carbocycles. The summed E-state index contributed by atoms with van der Waals surface area (Å²) in [6, 6.07) is 15.2. The molecule has 0 radical (unpaired) electrons. The maximum absolute atomic E-state index is 15.0. The van der Waals surface area contributed by atoms with E-state index in [-0.39, 0.29) is 42.4 Å². The second-order valence-electron chi connectivity index (χ2n) is 12.6. The molecule has 248 valence electrons. The summed E-state index contributed by atoms with van der Waals surface area (Å²) < 4.78 is 8.42. The molecule has 12 heteroatoms. The SMILES string of the molecule is C=CCN(Cn1nnc2ccccc21)C(=O)C1N([C@@H](CO)Cc2ccccc2)C(=O)[C@@H]2[C@H](C(=O)N(CC=C)CCC)[C@H]3OC12CC3Br. The molecule has 3 aromatic rings. The van der Waals surface area contributed by atoms with Gasteiger partial charge in [0.05, 0.1) is 36.1 Å². The lowest BCUT2D eigenvalue weighted by atomic mass is 9.70. The number of ether oxygens (including phenoxy) is 1. The molecule has 2 aromatic carbocycles. The molecule has 3 fully saturated rings. The number of hydrogen-bond donors (Lipinski definition) is 1. The number of likely N-dealkylation sites (tertiary alicyclic amines) is 1. The average molecular weight is 706 g/mol. The van der Waals surface area contributed by atoms with Crippen molar-refractivity contribution in [3.63, 3.8) is 0 Å². The van der Waals surface area contributed by atoms with Crippen LogP contribution in [0.2, 0.25) is 0 Å². The van der Waals surface area contributed by atoms with E-state index in [2.05, 4.69) is 39.4 Å². The van der Waals surface area contributed by atoms with Gasteiger partial charge in [-0.2, -0.15) is 0 Å². The van der Waals surface area contributed by atoms with E-state index in [1.165, 1.54) is 4.90 Å². The van der Waals surface area contributed by atoms with E-state index in [0.717, 1.165) is 17.5 Å². The van der Waals surface area contributed by atoms with E-state index in [1.54, 1.807) is 26.6 Å². The van der Waals surface area contributed by atoms with Crippen LogP contribution in [-0.2, 0) is 32.2 Å². The summed E-state index contributed by atoms with van der Waals surface area (Å²) in [5, 5.41) is 19.4. The van der Waals surface area contributed by atoms with Crippen LogP contribution in [0.1, 0.15) is 25.3 Å². The van der Waals surface area contributed by atoms with Gasteiger partial charge in [-0.3, -0.25) is 14.4 Å². The van der Waals surface area contributed by atoms with Crippen molar-refractivity contribution in [3.8, 4) is 0 Å². The Morgan fingerprint density at radius 2 is 1.81 bits per heavy atom. The first kappa shape index (κ1) is 33.0. The van der Waals surface area contributed by atoms with E-state index >= 15 is 4.79 Å². The first-order valence-electron chi connectivity index (χ1n) is 16.2. The summed E-state index contributed by atoms with van der Waals surface area (Å²) in [5.41, 5.74) is 1.07. The van der Waals surface area contributed by atoms with Crippen molar-refractivity contribution in [1.29, 1.82) is 0 Å². The zero-order chi connectivity index (χ0) is 33.3. The summed E-state index contributed by atoms with van der Waals surface area (Å²) in [5.74, 6) is -2.59. The normalized spacial score (nSPS) is 26.7. The average Bonchev–Trinajstić information content (AvgIpc) is 3.80. The molecule has 7 atom stereocenters. The van der Waals surface area contributed by atoms with E-state index in [9.17, 15) is 14.7 Å². The smallest absolute Gasteiger partial charge is 0.250 e. The van der Waals surface area contributed by atoms with Crippen molar-refractivity contribution >= 4 is 44.7 Å². The van der Waals surface area contributed by atoms with Gasteiger partial charge in [-0.15, -0.1) is 18.3 Å². The van der Waals surface area contributed by atoms with Gasteiger partial charge in [-0.05, 0) is 37.0 Å². The summed E-state index contributed by atoms with van der Waals surface area (Å²) in [4.78, 5) is 48.7. The van der Waals surface area contributed by atoms with E-state index in [0.29, 0.717) is 31.4 Å². The molecule has 4 heterocycles. The Morgan fingerprint density at radius 1 is 1.11 bits per heavy atom. The summed E-state index contributed by atoms with van der Waals surface area (Å²) in [7, 11) is 0. The zero-order valence-electron chi connectivity index (χ0n) is 26.5. The molecular formula is C35H41BrN6O5. The molecule has 1 spiro atoms. The highest BCUT2D eigenvalue weighted by atomic mass is 79.9. The van der Waals surface area contributed by atoms with E-state index < -0.39 is 35.6 Å². The minimum Gasteiger partial charge on any atom is -0.394 e. The van der Waals surface area contributed by atoms with Gasteiger partial charge in [0.1, 0.15) is 23.8 Å². The number of halogens is 1. The van der Waals surface area contributed by atoms with Crippen molar-refractivity contribution in [2.24, 2.45) is 11.8 Å². The Bertz CT molecular complexity index is 1650. The van der Waals surface area contributed by atoms with Gasteiger partial charge in [0.25, 0.3) is 0 Å². The van der Waals surface area contributed by atoms with Gasteiger partial charge >= 0.3 is 0 Å². The number of fused-ring (bicyclic) bond motifs is 2. The molecule has 1 aromatic heterocycles. The predicted octanol–water partition coefficient (Wildman–Crippen LogP) is 3.18. The predicted molar refractivity (Wildman–Crippen MR) is 180 cm³/mol. The first-order valence-corrected chi connectivity index (χ1v) is 17.1. The lowest BCUT2D eigenvalue weighted by Crippen LogP contribution is -2.59. The first-order chi connectivity index (χ1) is 22.8. The van der Waals surface area contributed by atoms with Crippen LogP contribution in [0.4, 0.5) is 0 Å². The van der Waals surface area contributed by atoms with Crippen LogP contribution in [0.25, 0.3) is 11.0 Å². The van der Waals surface area contributed by atoms with Gasteiger partial charge in [-0.25, -0.2) is 4.68 Å². The molecule has 3 aliphatic heterocycles. The minimum absolute atomic E-state index is 0.0558. The lowest BCUT2D eigenvalue weighted by Gasteiger charge is -2.39. The van der Waals surface area contributed by atoms with Crippen LogP contribution in [0.5, 0.6) is 0 Å². The number of benzene rings is 2. The summed E-state index contributed by atoms with van der Waals surface area (Å²) in [6.45, 7) is 10.4. The molecule has 3 amide bonds. The van der Waals surface area contributed by atoms with Gasteiger partial charge in [0.15, 0.2) is 0 Å². The number of hydrogen-bond acceptors (Lipinski definition) is 7. The third kappa shape index (κ3) is 5.70. The molecule has 3 aliphatic rings. The van der Waals surface area contributed by atoms with Gasteiger partial charge < -0.3 is 24.5 Å². The van der Waals surface area contributed by atoms with Gasteiger partial charge in [-0.1, -0.05) is 82.7 Å². The molecule has 0 aliphatic carbocycles. The number of carbonyl (C=O) groups is 3. The highest BCUT2D eigenvalue weighted by molar-refractivity contribution is 9.09. The molecule has 1 N–H and O–H groups in total. The fourth-order valence-electron chi connectivity index (χ4n) is 7.82. The lowest BCUT2D eigenvalue weighted by molar-refractivity contribution is -0.152. The molecule has 3 saturated heterocycles. The number of nitrogens with zero attached hydrogens (tertiary/aromatic N) is 6. The highest BCUT2D eigenvalue weighted by Gasteiger charge is 2.77. The minimum atomic E-state index is -1.28. The van der Waals surface area contributed by atoms with Crippen LogP contribution < -0.4 is 0 Å². The van der Waals surface area contributed by atoms with Crippen molar-refractivity contribution in [2.45, 2.75) is 61.5 Å². The Labute approximate surface area is 283 Å². The molecule has 47 heavy (non-hydrogen) atoms. The maximum Gasteiger partial charge on any atom is 0.250 e. The molecule has 2 bridgehead atoms. The third-order valence-electron chi connectivity index (χ3n) is 9.71. The summed E-state index contributed by atoms with van der Waals surface area (Å²) in [6.07, 6.45) is 4.14. The number of rotatable bonds is 14. The van der Waals surface area contributed by atoms with E-state index in [1.807, 2.05) is 61.5 Å². The number of alkyl halides is 1. The van der Waals surface area contributed by atoms with Crippen molar-refractivity contribution in [2.75, 3.05) is 26.2 Å². The standard InChI is InChI=1S/C35H41BrN6O5/c1-4-16-39(17-5-2)32(44)28-29-33(45)42(24(21-43)19-23-12-8-7-9-13-23)31(35(29)20-25(36)30(28)47-35)34(46)40(18-6-3)22-41-27-15-11-10-14-26(27)37-38-41/h4,6-15,24-25,28-31,43H,1,3,5,16-22H2,2H3/t24-,25?,28+,29+,30+,31?,35?/m1/s1. The van der Waals surface area contributed by atoms with E-state index in [4.69, 9.17) is 4.74 Å². The topological polar surface area (TPSA) is 121 Å². The quantitative estimate of drug-likeness (QED) is 0.202. The fraction of sp³-hybridized carbons (Fsp3) is 0.457. The Balaban J connectivity index is 1.43. The monoisotopic (exact) mass is 704 g/mol. The molecular weight excluding hydrogens is 664 g/mol.